The molecule has 0 unspecified atom stereocenters. The number of para-hydroxylation sites is 1. The zero-order valence-corrected chi connectivity index (χ0v) is 25.2. The molecule has 13 heteroatoms. The number of aromatic nitrogens is 1. The van der Waals surface area contributed by atoms with Crippen LogP contribution in [0.4, 0.5) is 10.1 Å². The first-order valence-electron chi connectivity index (χ1n) is 14.0. The first-order chi connectivity index (χ1) is 20.2. The number of halogens is 1. The lowest BCUT2D eigenvalue weighted by molar-refractivity contribution is -0.138. The van der Waals surface area contributed by atoms with Crippen molar-refractivity contribution < 1.29 is 31.9 Å². The standard InChI is InChI=1S/C30H36FN5O6S/c1-29(2,32)28(39)34-24(14-19-16-33-23-7-5-4-6-21(19)23)27(38)35-12-10-30(11-13-35)18-36(43(40,41)17-26(37)42-3)25-9-8-20(31)15-22(25)30/h4-9,15-16,24,33H,10-14,17-18,32H2,1-3H3,(H,34,39)/t24-/m1/s1. The van der Waals surface area contributed by atoms with E-state index in [1.807, 2.05) is 30.5 Å². The molecule has 2 aliphatic rings. The van der Waals surface area contributed by atoms with Crippen molar-refractivity contribution in [1.29, 1.82) is 0 Å². The topological polar surface area (TPSA) is 155 Å². The van der Waals surface area contributed by atoms with Crippen LogP contribution in [0.25, 0.3) is 10.9 Å². The van der Waals surface area contributed by atoms with Gasteiger partial charge in [-0.2, -0.15) is 0 Å². The summed E-state index contributed by atoms with van der Waals surface area (Å²) >= 11 is 0. The number of piperidine rings is 1. The molecule has 2 amide bonds. The van der Waals surface area contributed by atoms with Crippen LogP contribution in [0.5, 0.6) is 0 Å². The van der Waals surface area contributed by atoms with E-state index in [1.54, 1.807) is 18.7 Å². The lowest BCUT2D eigenvalue weighted by Crippen LogP contribution is -2.58. The van der Waals surface area contributed by atoms with E-state index in [-0.39, 0.29) is 32.0 Å². The monoisotopic (exact) mass is 613 g/mol. The van der Waals surface area contributed by atoms with Gasteiger partial charge in [0.05, 0.1) is 18.3 Å². The van der Waals surface area contributed by atoms with Crippen molar-refractivity contribution in [3.8, 4) is 0 Å². The Morgan fingerprint density at radius 2 is 1.86 bits per heavy atom. The molecule has 0 aliphatic carbocycles. The molecule has 1 atom stereocenters. The summed E-state index contributed by atoms with van der Waals surface area (Å²) in [7, 11) is -2.98. The molecule has 0 saturated carbocycles. The SMILES string of the molecule is COC(=O)CS(=O)(=O)N1CC2(CCN(C(=O)[C@@H](Cc3c[nH]c4ccccc34)NC(=O)C(C)(C)N)CC2)c2cc(F)ccc21. The number of hydrogen-bond donors (Lipinski definition) is 3. The number of nitrogens with two attached hydrogens (primary N) is 1. The molecule has 1 saturated heterocycles. The number of carbonyl (C=O) groups excluding carboxylic acids is 3. The molecule has 0 radical (unpaired) electrons. The van der Waals surface area contributed by atoms with Crippen molar-refractivity contribution in [1.82, 2.24) is 15.2 Å². The van der Waals surface area contributed by atoms with Crippen molar-refractivity contribution in [3.05, 3.63) is 65.6 Å². The zero-order valence-electron chi connectivity index (χ0n) is 24.4. The van der Waals surface area contributed by atoms with Crippen LogP contribution in [0.15, 0.2) is 48.7 Å². The van der Waals surface area contributed by atoms with Crippen molar-refractivity contribution in [2.75, 3.05) is 36.8 Å². The van der Waals surface area contributed by atoms with Crippen LogP contribution < -0.4 is 15.4 Å². The maximum atomic E-state index is 14.4. The second-order valence-electron chi connectivity index (χ2n) is 11.9. The minimum absolute atomic E-state index is 0.0179. The van der Waals surface area contributed by atoms with Crippen LogP contribution in [0.1, 0.15) is 37.8 Å². The van der Waals surface area contributed by atoms with E-state index in [0.29, 0.717) is 24.1 Å². The van der Waals surface area contributed by atoms with E-state index in [9.17, 15) is 27.2 Å². The Hall–Kier alpha value is -3.97. The number of hydrogen-bond acceptors (Lipinski definition) is 7. The molecular formula is C30H36FN5O6S. The third kappa shape index (κ3) is 5.96. The van der Waals surface area contributed by atoms with Gasteiger partial charge in [-0.15, -0.1) is 0 Å². The number of fused-ring (bicyclic) bond motifs is 3. The molecule has 5 rings (SSSR count). The summed E-state index contributed by atoms with van der Waals surface area (Å²) in [6, 6.07) is 10.7. The highest BCUT2D eigenvalue weighted by Crippen LogP contribution is 2.48. The van der Waals surface area contributed by atoms with E-state index >= 15 is 0 Å². The molecular weight excluding hydrogens is 577 g/mol. The fourth-order valence-corrected chi connectivity index (χ4v) is 7.47. The van der Waals surface area contributed by atoms with E-state index in [1.165, 1.54) is 18.2 Å². The van der Waals surface area contributed by atoms with Gasteiger partial charge in [0.15, 0.2) is 5.75 Å². The van der Waals surface area contributed by atoms with E-state index in [0.717, 1.165) is 27.9 Å². The van der Waals surface area contributed by atoms with Crippen LogP contribution >= 0.6 is 0 Å². The molecule has 1 fully saturated rings. The smallest absolute Gasteiger partial charge is 0.322 e. The van der Waals surface area contributed by atoms with Gasteiger partial charge in [-0.3, -0.25) is 18.7 Å². The van der Waals surface area contributed by atoms with Crippen LogP contribution in [0.3, 0.4) is 0 Å². The average Bonchev–Trinajstić information content (AvgIpc) is 3.51. The Bertz CT molecular complexity index is 1670. The molecule has 1 spiro atoms. The fourth-order valence-electron chi connectivity index (χ4n) is 6.00. The van der Waals surface area contributed by atoms with Gasteiger partial charge in [-0.1, -0.05) is 18.2 Å². The molecule has 4 N–H and O–H groups in total. The Labute approximate surface area is 249 Å². The zero-order chi connectivity index (χ0) is 31.2. The summed E-state index contributed by atoms with van der Waals surface area (Å²) in [6.07, 6.45) is 2.77. The summed E-state index contributed by atoms with van der Waals surface area (Å²) < 4.78 is 46.5. The van der Waals surface area contributed by atoms with Gasteiger partial charge in [-0.05, 0) is 62.1 Å². The van der Waals surface area contributed by atoms with Crippen molar-refractivity contribution in [2.45, 2.75) is 50.1 Å². The largest absolute Gasteiger partial charge is 0.468 e. The van der Waals surface area contributed by atoms with Crippen LogP contribution in [0, 0.1) is 5.82 Å². The van der Waals surface area contributed by atoms with Gasteiger partial charge in [-0.25, -0.2) is 12.8 Å². The number of nitrogens with zero attached hydrogens (tertiary/aromatic N) is 2. The van der Waals surface area contributed by atoms with Crippen LogP contribution in [-0.2, 0) is 41.0 Å². The third-order valence-corrected chi connectivity index (χ3v) is 10.0. The van der Waals surface area contributed by atoms with Gasteiger partial charge >= 0.3 is 5.97 Å². The predicted molar refractivity (Wildman–Crippen MR) is 159 cm³/mol. The molecule has 3 heterocycles. The molecule has 2 aliphatic heterocycles. The van der Waals surface area contributed by atoms with E-state index in [4.69, 9.17) is 5.73 Å². The highest BCUT2D eigenvalue weighted by molar-refractivity contribution is 7.93. The Kier molecular flexibility index (Phi) is 7.99. The maximum absolute atomic E-state index is 14.4. The van der Waals surface area contributed by atoms with Gasteiger partial charge in [0, 0.05) is 48.6 Å². The highest BCUT2D eigenvalue weighted by atomic mass is 32.2. The van der Waals surface area contributed by atoms with Crippen molar-refractivity contribution >= 4 is 44.4 Å². The Balaban J connectivity index is 1.38. The summed E-state index contributed by atoms with van der Waals surface area (Å²) in [5.41, 5.74) is 6.70. The summed E-state index contributed by atoms with van der Waals surface area (Å²) in [5, 5.41) is 3.78. The summed E-state index contributed by atoms with van der Waals surface area (Å²) in [6.45, 7) is 3.66. The summed E-state index contributed by atoms with van der Waals surface area (Å²) in [5.74, 6) is -2.99. The molecule has 230 valence electrons. The number of aromatic amines is 1. The molecule has 3 aromatic rings. The number of sulfonamides is 1. The number of benzene rings is 2. The molecule has 11 nitrogen and oxygen atoms in total. The predicted octanol–water partition coefficient (Wildman–Crippen LogP) is 1.95. The molecule has 1 aromatic heterocycles. The number of ether oxygens (including phenoxy) is 1. The molecule has 2 aromatic carbocycles. The van der Waals surface area contributed by atoms with Crippen LogP contribution in [0.2, 0.25) is 0 Å². The number of likely N-dealkylation sites (tertiary alicyclic amines) is 1. The minimum Gasteiger partial charge on any atom is -0.468 e. The number of amides is 2. The third-order valence-electron chi connectivity index (χ3n) is 8.43. The first kappa shape index (κ1) is 30.5. The first-order valence-corrected chi connectivity index (χ1v) is 15.7. The van der Waals surface area contributed by atoms with Crippen molar-refractivity contribution in [3.63, 3.8) is 0 Å². The average molecular weight is 614 g/mol. The maximum Gasteiger partial charge on any atom is 0.322 e. The number of esters is 1. The van der Waals surface area contributed by atoms with Crippen LogP contribution in [-0.4, -0.2) is 80.2 Å². The quantitative estimate of drug-likeness (QED) is 0.328. The van der Waals surface area contributed by atoms with Gasteiger partial charge in [0.2, 0.25) is 21.8 Å². The highest BCUT2D eigenvalue weighted by Gasteiger charge is 2.49. The van der Waals surface area contributed by atoms with Crippen molar-refractivity contribution in [2.24, 2.45) is 5.73 Å². The van der Waals surface area contributed by atoms with E-state index in [2.05, 4.69) is 15.0 Å². The second kappa shape index (κ2) is 11.3. The normalized spacial score (nSPS) is 17.1. The Morgan fingerprint density at radius 1 is 1.16 bits per heavy atom. The molecule has 0 bridgehead atoms. The number of methoxy groups -OCH3 is 1. The molecule has 43 heavy (non-hydrogen) atoms. The number of nitrogens with one attached hydrogen (secondary N) is 2. The number of carbonyl (C=O) groups is 3. The summed E-state index contributed by atoms with van der Waals surface area (Å²) in [4.78, 5) is 43.6. The number of rotatable bonds is 8. The Morgan fingerprint density at radius 3 is 2.53 bits per heavy atom. The van der Waals surface area contributed by atoms with E-state index < -0.39 is 50.5 Å². The minimum atomic E-state index is -4.10. The fraction of sp³-hybridized carbons (Fsp3) is 0.433. The second-order valence-corrected chi connectivity index (χ2v) is 13.8. The van der Waals surface area contributed by atoms with Gasteiger partial charge in [0.1, 0.15) is 11.9 Å². The number of anilines is 1. The lowest BCUT2D eigenvalue weighted by atomic mass is 9.74. The van der Waals surface area contributed by atoms with Gasteiger partial charge < -0.3 is 25.7 Å². The van der Waals surface area contributed by atoms with Gasteiger partial charge in [0.25, 0.3) is 0 Å². The number of H-pyrrole nitrogens is 1. The lowest BCUT2D eigenvalue weighted by Gasteiger charge is -2.41.